The van der Waals surface area contributed by atoms with E-state index in [1.807, 2.05) is 6.92 Å². The molecular formula is C16H29N3O2. The number of carbonyl (C=O) groups is 2. The van der Waals surface area contributed by atoms with Crippen molar-refractivity contribution in [2.75, 3.05) is 13.1 Å². The van der Waals surface area contributed by atoms with Crippen molar-refractivity contribution in [3.05, 3.63) is 0 Å². The zero-order chi connectivity index (χ0) is 15.2. The Bertz CT molecular complexity index is 359. The third-order valence-corrected chi connectivity index (χ3v) is 4.92. The molecule has 1 atom stereocenters. The predicted molar refractivity (Wildman–Crippen MR) is 83.0 cm³/mol. The number of amides is 3. The van der Waals surface area contributed by atoms with Crippen LogP contribution in [0.1, 0.15) is 58.8 Å². The van der Waals surface area contributed by atoms with E-state index in [1.54, 1.807) is 0 Å². The first-order valence-electron chi connectivity index (χ1n) is 8.41. The summed E-state index contributed by atoms with van der Waals surface area (Å²) in [6.45, 7) is 6.03. The Morgan fingerprint density at radius 1 is 1.05 bits per heavy atom. The van der Waals surface area contributed by atoms with Crippen LogP contribution in [0.4, 0.5) is 4.79 Å². The summed E-state index contributed by atoms with van der Waals surface area (Å²) in [5, 5.41) is 5.43. The molecule has 5 nitrogen and oxygen atoms in total. The number of piperidine rings is 1. The molecule has 0 spiro atoms. The standard InChI is InChI=1S/C16H29N3O2/c1-12-8-10-19(11-9-12)13(2)15(20)18-16(21)17-14-6-4-3-5-7-14/h12-14H,3-11H2,1-2H3,(H2,17,18,20,21). The maximum absolute atomic E-state index is 12.2. The lowest BCUT2D eigenvalue weighted by molar-refractivity contribution is -0.125. The van der Waals surface area contributed by atoms with E-state index in [0.29, 0.717) is 0 Å². The number of rotatable bonds is 3. The summed E-state index contributed by atoms with van der Waals surface area (Å²) in [4.78, 5) is 26.2. The normalized spacial score (nSPS) is 23.5. The summed E-state index contributed by atoms with van der Waals surface area (Å²) < 4.78 is 0. The molecule has 0 aromatic rings. The Balaban J connectivity index is 1.73. The molecule has 3 amide bonds. The molecule has 2 rings (SSSR count). The number of nitrogens with one attached hydrogen (secondary N) is 2. The molecule has 21 heavy (non-hydrogen) atoms. The van der Waals surface area contributed by atoms with Gasteiger partial charge >= 0.3 is 6.03 Å². The predicted octanol–water partition coefficient (Wildman–Crippen LogP) is 2.27. The summed E-state index contributed by atoms with van der Waals surface area (Å²) in [6.07, 6.45) is 7.91. The lowest BCUT2D eigenvalue weighted by Crippen LogP contribution is -2.52. The first-order chi connectivity index (χ1) is 10.1. The quantitative estimate of drug-likeness (QED) is 0.839. The molecule has 1 aliphatic heterocycles. The fourth-order valence-electron chi connectivity index (χ4n) is 3.27. The lowest BCUT2D eigenvalue weighted by atomic mass is 9.96. The second-order valence-electron chi connectivity index (χ2n) is 6.69. The van der Waals surface area contributed by atoms with Gasteiger partial charge in [0.25, 0.3) is 0 Å². The molecule has 2 N–H and O–H groups in total. The van der Waals surface area contributed by atoms with Crippen LogP contribution in [0, 0.1) is 5.92 Å². The van der Waals surface area contributed by atoms with Crippen LogP contribution in [-0.2, 0) is 4.79 Å². The zero-order valence-electron chi connectivity index (χ0n) is 13.4. The summed E-state index contributed by atoms with van der Waals surface area (Å²) in [7, 11) is 0. The third kappa shape index (κ3) is 4.99. The SMILES string of the molecule is CC1CCN(C(C)C(=O)NC(=O)NC2CCCCC2)CC1. The van der Waals surface area contributed by atoms with E-state index in [4.69, 9.17) is 0 Å². The van der Waals surface area contributed by atoms with Gasteiger partial charge in [0.05, 0.1) is 6.04 Å². The highest BCUT2D eigenvalue weighted by Gasteiger charge is 2.26. The number of carbonyl (C=O) groups excluding carboxylic acids is 2. The van der Waals surface area contributed by atoms with E-state index in [1.165, 1.54) is 19.3 Å². The Hall–Kier alpha value is -1.10. The molecule has 2 aliphatic rings. The lowest BCUT2D eigenvalue weighted by Gasteiger charge is -2.34. The molecule has 0 radical (unpaired) electrons. The van der Waals surface area contributed by atoms with Crippen LogP contribution < -0.4 is 10.6 Å². The van der Waals surface area contributed by atoms with E-state index >= 15 is 0 Å². The van der Waals surface area contributed by atoms with Crippen molar-refractivity contribution in [2.45, 2.75) is 70.9 Å². The summed E-state index contributed by atoms with van der Waals surface area (Å²) in [5.41, 5.74) is 0. The van der Waals surface area contributed by atoms with Crippen LogP contribution in [-0.4, -0.2) is 42.0 Å². The van der Waals surface area contributed by atoms with Crippen LogP contribution in [0.25, 0.3) is 0 Å². The molecule has 5 heteroatoms. The Labute approximate surface area is 127 Å². The van der Waals surface area contributed by atoms with Gasteiger partial charge in [0.15, 0.2) is 0 Å². The minimum Gasteiger partial charge on any atom is -0.335 e. The maximum Gasteiger partial charge on any atom is 0.321 e. The van der Waals surface area contributed by atoms with E-state index in [-0.39, 0.29) is 24.0 Å². The van der Waals surface area contributed by atoms with Crippen LogP contribution in [0.2, 0.25) is 0 Å². The van der Waals surface area contributed by atoms with Crippen molar-refractivity contribution in [1.29, 1.82) is 0 Å². The smallest absolute Gasteiger partial charge is 0.321 e. The summed E-state index contributed by atoms with van der Waals surface area (Å²) >= 11 is 0. The van der Waals surface area contributed by atoms with Gasteiger partial charge in [0, 0.05) is 6.04 Å². The fraction of sp³-hybridized carbons (Fsp3) is 0.875. The molecule has 0 aromatic heterocycles. The molecular weight excluding hydrogens is 266 g/mol. The highest BCUT2D eigenvalue weighted by Crippen LogP contribution is 2.18. The van der Waals surface area contributed by atoms with Crippen LogP contribution in [0.3, 0.4) is 0 Å². The van der Waals surface area contributed by atoms with E-state index < -0.39 is 0 Å². The van der Waals surface area contributed by atoms with Crippen molar-refractivity contribution in [1.82, 2.24) is 15.5 Å². The van der Waals surface area contributed by atoms with E-state index in [9.17, 15) is 9.59 Å². The van der Waals surface area contributed by atoms with Crippen LogP contribution in [0.15, 0.2) is 0 Å². The van der Waals surface area contributed by atoms with Crippen molar-refractivity contribution < 1.29 is 9.59 Å². The van der Waals surface area contributed by atoms with Gasteiger partial charge in [-0.3, -0.25) is 15.0 Å². The number of nitrogens with zero attached hydrogens (tertiary/aromatic N) is 1. The number of imide groups is 1. The number of hydrogen-bond acceptors (Lipinski definition) is 3. The van der Waals surface area contributed by atoms with Gasteiger partial charge in [0.1, 0.15) is 0 Å². The van der Waals surface area contributed by atoms with Crippen molar-refractivity contribution >= 4 is 11.9 Å². The highest BCUT2D eigenvalue weighted by atomic mass is 16.2. The topological polar surface area (TPSA) is 61.4 Å². The molecule has 0 bridgehead atoms. The monoisotopic (exact) mass is 295 g/mol. The Morgan fingerprint density at radius 2 is 1.67 bits per heavy atom. The van der Waals surface area contributed by atoms with Gasteiger partial charge in [-0.15, -0.1) is 0 Å². The second kappa shape index (κ2) is 7.78. The molecule has 2 fully saturated rings. The van der Waals surface area contributed by atoms with Gasteiger partial charge in [-0.1, -0.05) is 26.2 Å². The highest BCUT2D eigenvalue weighted by molar-refractivity contribution is 5.96. The summed E-state index contributed by atoms with van der Waals surface area (Å²) in [5.74, 6) is 0.559. The van der Waals surface area contributed by atoms with E-state index in [0.717, 1.165) is 44.7 Å². The number of urea groups is 1. The minimum absolute atomic E-state index is 0.183. The zero-order valence-corrected chi connectivity index (χ0v) is 13.4. The maximum atomic E-state index is 12.2. The molecule has 1 aliphatic carbocycles. The number of hydrogen-bond donors (Lipinski definition) is 2. The first kappa shape index (κ1) is 16.3. The van der Waals surface area contributed by atoms with Crippen molar-refractivity contribution in [3.8, 4) is 0 Å². The van der Waals surface area contributed by atoms with Gasteiger partial charge in [0.2, 0.25) is 5.91 Å². The fourth-order valence-corrected chi connectivity index (χ4v) is 3.27. The van der Waals surface area contributed by atoms with Gasteiger partial charge in [-0.05, 0) is 51.6 Å². The van der Waals surface area contributed by atoms with Gasteiger partial charge < -0.3 is 5.32 Å². The van der Waals surface area contributed by atoms with Gasteiger partial charge in [-0.25, -0.2) is 4.79 Å². The van der Waals surface area contributed by atoms with Crippen LogP contribution >= 0.6 is 0 Å². The number of likely N-dealkylation sites (tertiary alicyclic amines) is 1. The van der Waals surface area contributed by atoms with Gasteiger partial charge in [-0.2, -0.15) is 0 Å². The van der Waals surface area contributed by atoms with Crippen molar-refractivity contribution in [3.63, 3.8) is 0 Å². The molecule has 1 saturated heterocycles. The molecule has 0 aromatic carbocycles. The van der Waals surface area contributed by atoms with Crippen LogP contribution in [0.5, 0.6) is 0 Å². The first-order valence-corrected chi connectivity index (χ1v) is 8.41. The largest absolute Gasteiger partial charge is 0.335 e. The minimum atomic E-state index is -0.330. The molecule has 1 heterocycles. The third-order valence-electron chi connectivity index (χ3n) is 4.92. The van der Waals surface area contributed by atoms with E-state index in [2.05, 4.69) is 22.5 Å². The average molecular weight is 295 g/mol. The van der Waals surface area contributed by atoms with Crippen molar-refractivity contribution in [2.24, 2.45) is 5.92 Å². The average Bonchev–Trinajstić information content (AvgIpc) is 2.48. The Morgan fingerprint density at radius 3 is 2.29 bits per heavy atom. The molecule has 1 saturated carbocycles. The molecule has 1 unspecified atom stereocenters. The second-order valence-corrected chi connectivity index (χ2v) is 6.69. The Kier molecular flexibility index (Phi) is 6.03. The molecule has 120 valence electrons. The summed E-state index contributed by atoms with van der Waals surface area (Å²) in [6, 6.07) is -0.323.